The fourth-order valence-electron chi connectivity index (χ4n) is 4.93. The number of carbonyl (C=O) groups excluding carboxylic acids is 1. The first-order valence-electron chi connectivity index (χ1n) is 10.1. The fourth-order valence-corrected chi connectivity index (χ4v) is 6.44. The number of carbonyl (C=O) groups is 1. The molecule has 7 heteroatoms. The Morgan fingerprint density at radius 1 is 0.962 bits per heavy atom. The van der Waals surface area contributed by atoms with Gasteiger partial charge in [0.05, 0.1) is 0 Å². The van der Waals surface area contributed by atoms with E-state index in [1.807, 2.05) is 4.90 Å². The molecule has 2 unspecified atom stereocenters. The minimum absolute atomic E-state index is 0.0401. The molecule has 1 saturated carbocycles. The summed E-state index contributed by atoms with van der Waals surface area (Å²) in [6, 6.07) is 1.87. The smallest absolute Gasteiger partial charge is 0.270 e. The molecule has 26 heavy (non-hydrogen) atoms. The number of aromatic amines is 1. The third kappa shape index (κ3) is 3.31. The number of piperidine rings is 2. The number of nitrogens with zero attached hydrogens (tertiary/aromatic N) is 2. The van der Waals surface area contributed by atoms with Crippen LogP contribution in [-0.2, 0) is 10.0 Å². The zero-order chi connectivity index (χ0) is 18.1. The van der Waals surface area contributed by atoms with Crippen molar-refractivity contribution in [3.8, 4) is 0 Å². The van der Waals surface area contributed by atoms with Crippen molar-refractivity contribution >= 4 is 15.9 Å². The number of nitrogens with one attached hydrogen (secondary N) is 1. The molecule has 1 N–H and O–H groups in total. The SMILES string of the molecule is O=C(c1cc(S(=O)(=O)N2CCCCC2)c[nH]1)N1CCCC2CCCCC21. The first kappa shape index (κ1) is 18.0. The number of likely N-dealkylation sites (tertiary alicyclic amines) is 1. The van der Waals surface area contributed by atoms with Crippen molar-refractivity contribution in [2.75, 3.05) is 19.6 Å². The molecule has 1 aromatic rings. The third-order valence-corrected chi connectivity index (χ3v) is 8.22. The van der Waals surface area contributed by atoms with Gasteiger partial charge in [-0.3, -0.25) is 4.79 Å². The van der Waals surface area contributed by atoms with Crippen molar-refractivity contribution < 1.29 is 13.2 Å². The van der Waals surface area contributed by atoms with Crippen LogP contribution in [0.2, 0.25) is 0 Å². The summed E-state index contributed by atoms with van der Waals surface area (Å²) in [6.45, 7) is 1.94. The summed E-state index contributed by atoms with van der Waals surface area (Å²) in [7, 11) is -3.50. The molecule has 0 bridgehead atoms. The third-order valence-electron chi connectivity index (χ3n) is 6.34. The van der Waals surface area contributed by atoms with Crippen LogP contribution < -0.4 is 0 Å². The molecule has 4 rings (SSSR count). The van der Waals surface area contributed by atoms with Gasteiger partial charge in [-0.25, -0.2) is 8.42 Å². The predicted octanol–water partition coefficient (Wildman–Crippen LogP) is 2.98. The molecule has 3 fully saturated rings. The molecule has 3 heterocycles. The van der Waals surface area contributed by atoms with E-state index < -0.39 is 10.0 Å². The average molecular weight is 380 g/mol. The highest BCUT2D eigenvalue weighted by Crippen LogP contribution is 2.36. The van der Waals surface area contributed by atoms with Crippen LogP contribution >= 0.6 is 0 Å². The van der Waals surface area contributed by atoms with E-state index in [-0.39, 0.29) is 10.8 Å². The molecule has 2 atom stereocenters. The molecular formula is C19H29N3O3S. The normalized spacial score (nSPS) is 27.9. The molecule has 2 aliphatic heterocycles. The largest absolute Gasteiger partial charge is 0.356 e. The van der Waals surface area contributed by atoms with Gasteiger partial charge in [0.2, 0.25) is 10.0 Å². The maximum Gasteiger partial charge on any atom is 0.270 e. The summed E-state index contributed by atoms with van der Waals surface area (Å²) in [6.07, 6.45) is 11.4. The average Bonchev–Trinajstić information content (AvgIpc) is 3.19. The first-order valence-corrected chi connectivity index (χ1v) is 11.5. The van der Waals surface area contributed by atoms with Gasteiger partial charge in [0, 0.05) is 31.9 Å². The molecule has 144 valence electrons. The van der Waals surface area contributed by atoms with Crippen LogP contribution in [0.25, 0.3) is 0 Å². The number of hydrogen-bond donors (Lipinski definition) is 1. The Kier molecular flexibility index (Phi) is 5.10. The standard InChI is InChI=1S/C19H29N3O3S/c23-19(22-12-6-8-15-7-2-3-9-18(15)22)17-13-16(14-20-17)26(24,25)21-10-4-1-5-11-21/h13-15,18,20H,1-12H2. The van der Waals surface area contributed by atoms with Crippen LogP contribution in [0.5, 0.6) is 0 Å². The van der Waals surface area contributed by atoms with Gasteiger partial charge in [-0.1, -0.05) is 19.3 Å². The molecular weight excluding hydrogens is 350 g/mol. The maximum atomic E-state index is 13.1. The molecule has 0 radical (unpaired) electrons. The molecule has 6 nitrogen and oxygen atoms in total. The lowest BCUT2D eigenvalue weighted by Gasteiger charge is -2.44. The van der Waals surface area contributed by atoms with E-state index in [1.54, 1.807) is 10.4 Å². The van der Waals surface area contributed by atoms with E-state index in [0.717, 1.165) is 38.6 Å². The lowest BCUT2D eigenvalue weighted by molar-refractivity contribution is 0.0386. The van der Waals surface area contributed by atoms with Gasteiger partial charge in [0.25, 0.3) is 5.91 Å². The Morgan fingerprint density at radius 2 is 1.69 bits per heavy atom. The molecule has 0 aromatic carbocycles. The molecule has 1 amide bonds. The second-order valence-corrected chi connectivity index (χ2v) is 9.90. The van der Waals surface area contributed by atoms with Crippen LogP contribution in [0.1, 0.15) is 68.3 Å². The van der Waals surface area contributed by atoms with Crippen LogP contribution in [-0.4, -0.2) is 54.2 Å². The fraction of sp³-hybridized carbons (Fsp3) is 0.737. The zero-order valence-electron chi connectivity index (χ0n) is 15.3. The van der Waals surface area contributed by atoms with Gasteiger partial charge in [0.1, 0.15) is 10.6 Å². The van der Waals surface area contributed by atoms with Crippen LogP contribution in [0.15, 0.2) is 17.2 Å². The van der Waals surface area contributed by atoms with Crippen LogP contribution in [0.3, 0.4) is 0 Å². The maximum absolute atomic E-state index is 13.1. The van der Waals surface area contributed by atoms with Gasteiger partial charge in [-0.05, 0) is 50.5 Å². The Balaban J connectivity index is 1.52. The summed E-state index contributed by atoms with van der Waals surface area (Å²) in [5.74, 6) is 0.578. The number of H-pyrrole nitrogens is 1. The second kappa shape index (κ2) is 7.35. The summed E-state index contributed by atoms with van der Waals surface area (Å²) < 4.78 is 27.2. The molecule has 1 aromatic heterocycles. The highest BCUT2D eigenvalue weighted by Gasteiger charge is 2.37. The van der Waals surface area contributed by atoms with E-state index in [4.69, 9.17) is 0 Å². The summed E-state index contributed by atoms with van der Waals surface area (Å²) >= 11 is 0. The van der Waals surface area contributed by atoms with Crippen LogP contribution in [0.4, 0.5) is 0 Å². The van der Waals surface area contributed by atoms with Crippen molar-refractivity contribution in [2.24, 2.45) is 5.92 Å². The lowest BCUT2D eigenvalue weighted by atomic mass is 9.78. The quantitative estimate of drug-likeness (QED) is 0.877. The number of sulfonamides is 1. The first-order chi connectivity index (χ1) is 12.6. The van der Waals surface area contributed by atoms with E-state index in [9.17, 15) is 13.2 Å². The summed E-state index contributed by atoms with van der Waals surface area (Å²) in [5.41, 5.74) is 0.409. The van der Waals surface area contributed by atoms with E-state index in [0.29, 0.717) is 30.7 Å². The summed E-state index contributed by atoms with van der Waals surface area (Å²) in [5, 5.41) is 0. The van der Waals surface area contributed by atoms with E-state index in [1.165, 1.54) is 31.9 Å². The van der Waals surface area contributed by atoms with Crippen molar-refractivity contribution in [2.45, 2.75) is 68.7 Å². The Hall–Kier alpha value is -1.34. The number of aromatic nitrogens is 1. The summed E-state index contributed by atoms with van der Waals surface area (Å²) in [4.78, 5) is 18.2. The monoisotopic (exact) mass is 379 g/mol. The predicted molar refractivity (Wildman–Crippen MR) is 99.4 cm³/mol. The van der Waals surface area contributed by atoms with Gasteiger partial charge < -0.3 is 9.88 Å². The van der Waals surface area contributed by atoms with Gasteiger partial charge in [-0.15, -0.1) is 0 Å². The lowest BCUT2D eigenvalue weighted by Crippen LogP contribution is -2.49. The minimum atomic E-state index is -3.50. The van der Waals surface area contributed by atoms with Crippen molar-refractivity contribution in [3.05, 3.63) is 18.0 Å². The Morgan fingerprint density at radius 3 is 2.50 bits per heavy atom. The number of amides is 1. The van der Waals surface area contributed by atoms with Crippen molar-refractivity contribution in [3.63, 3.8) is 0 Å². The van der Waals surface area contributed by atoms with Crippen molar-refractivity contribution in [1.82, 2.24) is 14.2 Å². The number of hydrogen-bond acceptors (Lipinski definition) is 3. The van der Waals surface area contributed by atoms with Gasteiger partial charge in [0.15, 0.2) is 0 Å². The van der Waals surface area contributed by atoms with Gasteiger partial charge in [-0.2, -0.15) is 4.31 Å². The van der Waals surface area contributed by atoms with E-state index in [2.05, 4.69) is 4.98 Å². The molecule has 0 spiro atoms. The number of rotatable bonds is 3. The second-order valence-electron chi connectivity index (χ2n) is 7.97. The molecule has 3 aliphatic rings. The Bertz CT molecular complexity index is 750. The van der Waals surface area contributed by atoms with E-state index >= 15 is 0 Å². The topological polar surface area (TPSA) is 73.5 Å². The van der Waals surface area contributed by atoms with Crippen LogP contribution in [0, 0.1) is 5.92 Å². The minimum Gasteiger partial charge on any atom is -0.356 e. The Labute approximate surface area is 156 Å². The molecule has 1 aliphatic carbocycles. The zero-order valence-corrected chi connectivity index (χ0v) is 16.1. The molecule has 2 saturated heterocycles. The van der Waals surface area contributed by atoms with Crippen molar-refractivity contribution in [1.29, 1.82) is 0 Å². The number of fused-ring (bicyclic) bond motifs is 1. The van der Waals surface area contributed by atoms with Gasteiger partial charge >= 0.3 is 0 Å². The highest BCUT2D eigenvalue weighted by atomic mass is 32.2. The highest BCUT2D eigenvalue weighted by molar-refractivity contribution is 7.89.